The lowest BCUT2D eigenvalue weighted by atomic mass is 10.1. The first kappa shape index (κ1) is 11.1. The molecule has 0 bridgehead atoms. The van der Waals surface area contributed by atoms with Crippen LogP contribution in [0.3, 0.4) is 0 Å². The molecule has 4 N–H and O–H groups in total. The van der Waals surface area contributed by atoms with Crippen LogP contribution in [-0.2, 0) is 0 Å². The third-order valence-corrected chi connectivity index (χ3v) is 2.07. The second-order valence-corrected chi connectivity index (χ2v) is 4.21. The number of hydrogen-bond acceptors (Lipinski definition) is 2. The molecule has 1 amide bonds. The van der Waals surface area contributed by atoms with Crippen LogP contribution in [0.5, 0.6) is 0 Å². The van der Waals surface area contributed by atoms with Crippen LogP contribution in [0.1, 0.15) is 24.3 Å². The SMILES string of the molecule is CC(C)(CN)NC(=O)c1cc(Cl)c[nH]1. The smallest absolute Gasteiger partial charge is 0.268 e. The first-order valence-electron chi connectivity index (χ1n) is 4.31. The van der Waals surface area contributed by atoms with E-state index in [0.29, 0.717) is 17.3 Å². The van der Waals surface area contributed by atoms with E-state index < -0.39 is 5.54 Å². The first-order valence-corrected chi connectivity index (χ1v) is 4.69. The predicted molar refractivity (Wildman–Crippen MR) is 56.4 cm³/mol. The zero-order chi connectivity index (χ0) is 10.8. The van der Waals surface area contributed by atoms with Crippen molar-refractivity contribution in [2.75, 3.05) is 6.54 Å². The number of H-pyrrole nitrogens is 1. The van der Waals surface area contributed by atoms with Crippen LogP contribution in [0.25, 0.3) is 0 Å². The van der Waals surface area contributed by atoms with Crippen molar-refractivity contribution in [3.8, 4) is 0 Å². The van der Waals surface area contributed by atoms with Crippen LogP contribution in [0.4, 0.5) is 0 Å². The highest BCUT2D eigenvalue weighted by Crippen LogP contribution is 2.10. The molecule has 1 heterocycles. The fourth-order valence-corrected chi connectivity index (χ4v) is 1.09. The van der Waals surface area contributed by atoms with E-state index in [4.69, 9.17) is 17.3 Å². The van der Waals surface area contributed by atoms with E-state index in [1.807, 2.05) is 13.8 Å². The average molecular weight is 216 g/mol. The van der Waals surface area contributed by atoms with Gasteiger partial charge in [0.15, 0.2) is 0 Å². The van der Waals surface area contributed by atoms with E-state index >= 15 is 0 Å². The summed E-state index contributed by atoms with van der Waals surface area (Å²) in [6.45, 7) is 4.10. The largest absolute Gasteiger partial charge is 0.356 e. The molecular weight excluding hydrogens is 202 g/mol. The van der Waals surface area contributed by atoms with Crippen LogP contribution >= 0.6 is 11.6 Å². The van der Waals surface area contributed by atoms with E-state index in [1.165, 1.54) is 0 Å². The molecule has 0 radical (unpaired) electrons. The summed E-state index contributed by atoms with van der Waals surface area (Å²) in [6, 6.07) is 1.57. The number of nitrogens with one attached hydrogen (secondary N) is 2. The molecule has 0 aliphatic heterocycles. The van der Waals surface area contributed by atoms with E-state index in [2.05, 4.69) is 10.3 Å². The number of carbonyl (C=O) groups is 1. The number of aromatic amines is 1. The standard InChI is InChI=1S/C9H14ClN3O/c1-9(2,5-11)13-8(14)7-3-6(10)4-12-7/h3-4,12H,5,11H2,1-2H3,(H,13,14). The van der Waals surface area contributed by atoms with Gasteiger partial charge < -0.3 is 16.0 Å². The Balaban J connectivity index is 2.68. The Hall–Kier alpha value is -1.00. The third-order valence-electron chi connectivity index (χ3n) is 1.85. The summed E-state index contributed by atoms with van der Waals surface area (Å²) >= 11 is 5.67. The van der Waals surface area contributed by atoms with Gasteiger partial charge in [-0.05, 0) is 19.9 Å². The zero-order valence-corrected chi connectivity index (χ0v) is 8.98. The molecule has 4 nitrogen and oxygen atoms in total. The molecule has 78 valence electrons. The molecule has 0 fully saturated rings. The van der Waals surface area contributed by atoms with Crippen molar-refractivity contribution in [2.24, 2.45) is 5.73 Å². The summed E-state index contributed by atoms with van der Waals surface area (Å²) in [7, 11) is 0. The van der Waals surface area contributed by atoms with Gasteiger partial charge in [0.2, 0.25) is 0 Å². The normalized spacial score (nSPS) is 11.4. The second-order valence-electron chi connectivity index (χ2n) is 3.77. The van der Waals surface area contributed by atoms with E-state index in [0.717, 1.165) is 0 Å². The number of nitrogens with two attached hydrogens (primary N) is 1. The summed E-state index contributed by atoms with van der Waals surface area (Å²) in [5.74, 6) is -0.202. The van der Waals surface area contributed by atoms with Crippen molar-refractivity contribution >= 4 is 17.5 Å². The van der Waals surface area contributed by atoms with Gasteiger partial charge in [-0.3, -0.25) is 4.79 Å². The number of hydrogen-bond donors (Lipinski definition) is 3. The number of halogens is 1. The minimum atomic E-state index is -0.408. The van der Waals surface area contributed by atoms with Gasteiger partial charge >= 0.3 is 0 Å². The van der Waals surface area contributed by atoms with Crippen molar-refractivity contribution in [3.63, 3.8) is 0 Å². The Morgan fingerprint density at radius 3 is 2.79 bits per heavy atom. The van der Waals surface area contributed by atoms with E-state index in [9.17, 15) is 4.79 Å². The summed E-state index contributed by atoms with van der Waals surface area (Å²) in [4.78, 5) is 14.3. The minimum absolute atomic E-state index is 0.202. The molecule has 0 aliphatic rings. The summed E-state index contributed by atoms with van der Waals surface area (Å²) in [5, 5.41) is 3.30. The van der Waals surface area contributed by atoms with Crippen molar-refractivity contribution < 1.29 is 4.79 Å². The number of amides is 1. The highest BCUT2D eigenvalue weighted by molar-refractivity contribution is 6.30. The van der Waals surface area contributed by atoms with Gasteiger partial charge in [0.1, 0.15) is 5.69 Å². The Kier molecular flexibility index (Phi) is 3.18. The molecule has 1 rings (SSSR count). The fraction of sp³-hybridized carbons (Fsp3) is 0.444. The van der Waals surface area contributed by atoms with Crippen LogP contribution < -0.4 is 11.1 Å². The van der Waals surface area contributed by atoms with Gasteiger partial charge in [-0.15, -0.1) is 0 Å². The summed E-state index contributed by atoms with van der Waals surface area (Å²) in [6.07, 6.45) is 1.56. The van der Waals surface area contributed by atoms with E-state index in [-0.39, 0.29) is 5.91 Å². The van der Waals surface area contributed by atoms with Crippen LogP contribution in [0, 0.1) is 0 Å². The number of rotatable bonds is 3. The van der Waals surface area contributed by atoms with E-state index in [1.54, 1.807) is 12.3 Å². The van der Waals surface area contributed by atoms with Gasteiger partial charge in [-0.1, -0.05) is 11.6 Å². The molecule has 0 unspecified atom stereocenters. The second kappa shape index (κ2) is 4.02. The lowest BCUT2D eigenvalue weighted by molar-refractivity contribution is 0.0911. The van der Waals surface area contributed by atoms with Gasteiger partial charge in [0.05, 0.1) is 5.02 Å². The summed E-state index contributed by atoms with van der Waals surface area (Å²) < 4.78 is 0. The monoisotopic (exact) mass is 215 g/mol. The van der Waals surface area contributed by atoms with Crippen LogP contribution in [0.2, 0.25) is 5.02 Å². The third kappa shape index (κ3) is 2.75. The fourth-order valence-electron chi connectivity index (χ4n) is 0.925. The maximum absolute atomic E-state index is 11.6. The Labute approximate surface area is 87.8 Å². The van der Waals surface area contributed by atoms with Crippen molar-refractivity contribution in [2.45, 2.75) is 19.4 Å². The maximum atomic E-state index is 11.6. The average Bonchev–Trinajstić information content (AvgIpc) is 2.51. The highest BCUT2D eigenvalue weighted by atomic mass is 35.5. The first-order chi connectivity index (χ1) is 6.44. The Bertz CT molecular complexity index is 333. The molecule has 0 saturated heterocycles. The predicted octanol–water partition coefficient (Wildman–Crippen LogP) is 1.14. The lowest BCUT2D eigenvalue weighted by Crippen LogP contribution is -2.48. The molecule has 0 aliphatic carbocycles. The molecule has 0 saturated carbocycles. The zero-order valence-electron chi connectivity index (χ0n) is 8.23. The van der Waals surface area contributed by atoms with Gasteiger partial charge in [0, 0.05) is 18.3 Å². The molecule has 0 spiro atoms. The molecule has 1 aromatic heterocycles. The van der Waals surface area contributed by atoms with Crippen LogP contribution in [0.15, 0.2) is 12.3 Å². The molecule has 14 heavy (non-hydrogen) atoms. The Morgan fingerprint density at radius 2 is 2.36 bits per heavy atom. The number of aromatic nitrogens is 1. The Morgan fingerprint density at radius 1 is 1.71 bits per heavy atom. The summed E-state index contributed by atoms with van der Waals surface area (Å²) in [5.41, 5.74) is 5.52. The van der Waals surface area contributed by atoms with Crippen LogP contribution in [-0.4, -0.2) is 23.0 Å². The number of carbonyl (C=O) groups excluding carboxylic acids is 1. The van der Waals surface area contributed by atoms with Crippen molar-refractivity contribution in [1.29, 1.82) is 0 Å². The van der Waals surface area contributed by atoms with Gasteiger partial charge in [-0.2, -0.15) is 0 Å². The van der Waals surface area contributed by atoms with Crippen molar-refractivity contribution in [3.05, 3.63) is 23.0 Å². The van der Waals surface area contributed by atoms with Gasteiger partial charge in [-0.25, -0.2) is 0 Å². The minimum Gasteiger partial charge on any atom is -0.356 e. The molecule has 0 aromatic carbocycles. The van der Waals surface area contributed by atoms with Crippen molar-refractivity contribution in [1.82, 2.24) is 10.3 Å². The van der Waals surface area contributed by atoms with Gasteiger partial charge in [0.25, 0.3) is 5.91 Å². The lowest BCUT2D eigenvalue weighted by Gasteiger charge is -2.23. The molecular formula is C9H14ClN3O. The maximum Gasteiger partial charge on any atom is 0.268 e. The topological polar surface area (TPSA) is 70.9 Å². The molecule has 0 atom stereocenters. The quantitative estimate of drug-likeness (QED) is 0.708. The highest BCUT2D eigenvalue weighted by Gasteiger charge is 2.19. The molecule has 5 heteroatoms. The molecule has 1 aromatic rings.